The Balaban J connectivity index is 2.26. The fourth-order valence-electron chi connectivity index (χ4n) is 1.64. The van der Waals surface area contributed by atoms with Crippen molar-refractivity contribution in [1.82, 2.24) is 4.90 Å². The number of halogens is 1. The van der Waals surface area contributed by atoms with Gasteiger partial charge in [0.25, 0.3) is 0 Å². The number of fused-ring (bicyclic) bond motifs is 1. The van der Waals surface area contributed by atoms with Gasteiger partial charge in [-0.1, -0.05) is 12.1 Å². The van der Waals surface area contributed by atoms with Crippen molar-refractivity contribution in [3.8, 4) is 0 Å². The SMILES string of the molecule is COC(=O)N1Cc2cccc(F)c2C1. The molecule has 14 heavy (non-hydrogen) atoms. The molecule has 4 heteroatoms. The minimum atomic E-state index is -0.416. The van der Waals surface area contributed by atoms with Crippen LogP contribution in [0.1, 0.15) is 11.1 Å². The van der Waals surface area contributed by atoms with Crippen molar-refractivity contribution >= 4 is 6.09 Å². The number of nitrogens with zero attached hydrogens (tertiary/aromatic N) is 1. The lowest BCUT2D eigenvalue weighted by Gasteiger charge is -2.12. The number of hydrogen-bond acceptors (Lipinski definition) is 2. The van der Waals surface area contributed by atoms with Gasteiger partial charge in [0.05, 0.1) is 13.7 Å². The van der Waals surface area contributed by atoms with E-state index in [1.807, 2.05) is 6.07 Å². The van der Waals surface area contributed by atoms with E-state index >= 15 is 0 Å². The van der Waals surface area contributed by atoms with Crippen molar-refractivity contribution in [3.63, 3.8) is 0 Å². The zero-order valence-corrected chi connectivity index (χ0v) is 7.79. The summed E-state index contributed by atoms with van der Waals surface area (Å²) < 4.78 is 17.8. The zero-order chi connectivity index (χ0) is 10.1. The highest BCUT2D eigenvalue weighted by Gasteiger charge is 2.25. The normalized spacial score (nSPS) is 14.0. The molecular weight excluding hydrogens is 185 g/mol. The topological polar surface area (TPSA) is 29.5 Å². The van der Waals surface area contributed by atoms with Gasteiger partial charge >= 0.3 is 6.09 Å². The Labute approximate surface area is 81.1 Å². The third-order valence-corrected chi connectivity index (χ3v) is 2.36. The molecule has 0 bridgehead atoms. The Bertz CT molecular complexity index is 378. The van der Waals surface area contributed by atoms with Gasteiger partial charge in [0.15, 0.2) is 0 Å². The third-order valence-electron chi connectivity index (χ3n) is 2.36. The molecule has 0 fully saturated rings. The van der Waals surface area contributed by atoms with Crippen molar-refractivity contribution in [1.29, 1.82) is 0 Å². The van der Waals surface area contributed by atoms with Crippen LogP contribution in [0.5, 0.6) is 0 Å². The Morgan fingerprint density at radius 3 is 2.93 bits per heavy atom. The lowest BCUT2D eigenvalue weighted by atomic mass is 10.1. The van der Waals surface area contributed by atoms with Gasteiger partial charge < -0.3 is 4.74 Å². The number of ether oxygens (including phenoxy) is 1. The maximum Gasteiger partial charge on any atom is 0.410 e. The smallest absolute Gasteiger partial charge is 0.410 e. The molecule has 0 radical (unpaired) electrons. The van der Waals surface area contributed by atoms with Gasteiger partial charge in [-0.15, -0.1) is 0 Å². The summed E-state index contributed by atoms with van der Waals surface area (Å²) in [6.07, 6.45) is -0.416. The average Bonchev–Trinajstić information content (AvgIpc) is 2.62. The maximum absolute atomic E-state index is 13.3. The molecule has 1 amide bonds. The van der Waals surface area contributed by atoms with Crippen LogP contribution in [0.15, 0.2) is 18.2 Å². The molecule has 1 heterocycles. The van der Waals surface area contributed by atoms with E-state index in [2.05, 4.69) is 4.74 Å². The second-order valence-electron chi connectivity index (χ2n) is 3.20. The first kappa shape index (κ1) is 8.99. The van der Waals surface area contributed by atoms with E-state index in [1.165, 1.54) is 18.1 Å². The van der Waals surface area contributed by atoms with E-state index in [0.29, 0.717) is 18.7 Å². The van der Waals surface area contributed by atoms with Gasteiger partial charge in [0.2, 0.25) is 0 Å². The van der Waals surface area contributed by atoms with Crippen LogP contribution in [0.25, 0.3) is 0 Å². The summed E-state index contributed by atoms with van der Waals surface area (Å²) in [6.45, 7) is 0.731. The van der Waals surface area contributed by atoms with E-state index in [0.717, 1.165) is 5.56 Å². The molecule has 0 aromatic heterocycles. The number of carbonyl (C=O) groups is 1. The first-order valence-corrected chi connectivity index (χ1v) is 4.31. The van der Waals surface area contributed by atoms with Crippen LogP contribution in [-0.2, 0) is 17.8 Å². The average molecular weight is 195 g/mol. The molecule has 0 aliphatic carbocycles. The van der Waals surface area contributed by atoms with E-state index in [-0.39, 0.29) is 5.82 Å². The van der Waals surface area contributed by atoms with Crippen LogP contribution in [0.4, 0.5) is 9.18 Å². The van der Waals surface area contributed by atoms with Crippen molar-refractivity contribution < 1.29 is 13.9 Å². The fraction of sp³-hybridized carbons (Fsp3) is 0.300. The molecule has 0 saturated heterocycles. The van der Waals surface area contributed by atoms with Crippen LogP contribution in [0.2, 0.25) is 0 Å². The van der Waals surface area contributed by atoms with Gasteiger partial charge in [-0.05, 0) is 11.6 Å². The maximum atomic E-state index is 13.3. The molecule has 1 aromatic carbocycles. The van der Waals surface area contributed by atoms with E-state index in [4.69, 9.17) is 0 Å². The lowest BCUT2D eigenvalue weighted by molar-refractivity contribution is 0.123. The molecule has 0 unspecified atom stereocenters. The molecular formula is C10H10FNO2. The zero-order valence-electron chi connectivity index (χ0n) is 7.79. The molecule has 1 aromatic rings. The van der Waals surface area contributed by atoms with Crippen molar-refractivity contribution in [3.05, 3.63) is 35.1 Å². The molecule has 0 spiro atoms. The molecule has 74 valence electrons. The van der Waals surface area contributed by atoms with Crippen molar-refractivity contribution in [2.45, 2.75) is 13.1 Å². The first-order chi connectivity index (χ1) is 6.72. The number of benzene rings is 1. The van der Waals surface area contributed by atoms with Gasteiger partial charge in [0, 0.05) is 12.1 Å². The predicted molar refractivity (Wildman–Crippen MR) is 48.1 cm³/mol. The standard InChI is InChI=1S/C10H10FNO2/c1-14-10(13)12-5-7-3-2-4-9(11)8(7)6-12/h2-4H,5-6H2,1H3. The third kappa shape index (κ3) is 1.32. The number of amides is 1. The van der Waals surface area contributed by atoms with Crippen LogP contribution in [0.3, 0.4) is 0 Å². The molecule has 0 saturated carbocycles. The van der Waals surface area contributed by atoms with Crippen LogP contribution < -0.4 is 0 Å². The van der Waals surface area contributed by atoms with Gasteiger partial charge in [0.1, 0.15) is 5.82 Å². The second-order valence-corrected chi connectivity index (χ2v) is 3.20. The molecule has 3 nitrogen and oxygen atoms in total. The highest BCUT2D eigenvalue weighted by Crippen LogP contribution is 2.25. The van der Waals surface area contributed by atoms with Gasteiger partial charge in [-0.2, -0.15) is 0 Å². The molecule has 0 N–H and O–H groups in total. The summed E-state index contributed by atoms with van der Waals surface area (Å²) >= 11 is 0. The van der Waals surface area contributed by atoms with Crippen LogP contribution >= 0.6 is 0 Å². The Morgan fingerprint density at radius 2 is 2.29 bits per heavy atom. The molecule has 2 rings (SSSR count). The lowest BCUT2D eigenvalue weighted by Crippen LogP contribution is -2.24. The first-order valence-electron chi connectivity index (χ1n) is 4.31. The van der Waals surface area contributed by atoms with Gasteiger partial charge in [-0.25, -0.2) is 9.18 Å². The molecule has 0 atom stereocenters. The summed E-state index contributed by atoms with van der Waals surface area (Å²) in [5.41, 5.74) is 1.45. The van der Waals surface area contributed by atoms with E-state index < -0.39 is 6.09 Å². The molecule has 1 aliphatic rings. The Hall–Kier alpha value is -1.58. The van der Waals surface area contributed by atoms with E-state index in [1.54, 1.807) is 6.07 Å². The predicted octanol–water partition coefficient (Wildman–Crippen LogP) is 1.91. The summed E-state index contributed by atoms with van der Waals surface area (Å²) in [4.78, 5) is 12.6. The number of rotatable bonds is 0. The Kier molecular flexibility index (Phi) is 2.11. The fourth-order valence-corrected chi connectivity index (χ4v) is 1.64. The minimum Gasteiger partial charge on any atom is -0.453 e. The summed E-state index contributed by atoms with van der Waals surface area (Å²) in [5.74, 6) is -0.256. The number of methoxy groups -OCH3 is 1. The summed E-state index contributed by atoms with van der Waals surface area (Å²) in [5, 5.41) is 0. The van der Waals surface area contributed by atoms with Crippen molar-refractivity contribution in [2.24, 2.45) is 0 Å². The summed E-state index contributed by atoms with van der Waals surface area (Å²) in [7, 11) is 1.32. The number of hydrogen-bond donors (Lipinski definition) is 0. The van der Waals surface area contributed by atoms with Gasteiger partial charge in [-0.3, -0.25) is 4.90 Å². The second kappa shape index (κ2) is 3.29. The van der Waals surface area contributed by atoms with Crippen molar-refractivity contribution in [2.75, 3.05) is 7.11 Å². The molecule has 1 aliphatic heterocycles. The van der Waals surface area contributed by atoms with Crippen LogP contribution in [-0.4, -0.2) is 18.1 Å². The summed E-state index contributed by atoms with van der Waals surface area (Å²) in [6, 6.07) is 4.87. The number of carbonyl (C=O) groups excluding carboxylic acids is 1. The largest absolute Gasteiger partial charge is 0.453 e. The monoisotopic (exact) mass is 195 g/mol. The minimum absolute atomic E-state index is 0.256. The van der Waals surface area contributed by atoms with E-state index in [9.17, 15) is 9.18 Å². The Morgan fingerprint density at radius 1 is 1.50 bits per heavy atom. The quantitative estimate of drug-likeness (QED) is 0.632. The van der Waals surface area contributed by atoms with Crippen LogP contribution in [0, 0.1) is 5.82 Å². The highest BCUT2D eigenvalue weighted by atomic mass is 19.1. The highest BCUT2D eigenvalue weighted by molar-refractivity contribution is 5.68.